The van der Waals surface area contributed by atoms with Crippen molar-refractivity contribution in [3.8, 4) is 0 Å². The summed E-state index contributed by atoms with van der Waals surface area (Å²) in [5.41, 5.74) is 4.63. The van der Waals surface area contributed by atoms with E-state index in [1.807, 2.05) is 24.3 Å². The minimum absolute atomic E-state index is 0.0583. The second kappa shape index (κ2) is 10.4. The van der Waals surface area contributed by atoms with Crippen LogP contribution >= 0.6 is 11.6 Å². The van der Waals surface area contributed by atoms with E-state index in [2.05, 4.69) is 15.5 Å². The monoisotopic (exact) mass is 531 g/mol. The van der Waals surface area contributed by atoms with Gasteiger partial charge < -0.3 is 15.0 Å². The number of nitro groups is 1. The molecular formula is C24H24ClF2N7O3. The highest BCUT2D eigenvalue weighted by Crippen LogP contribution is 2.43. The molecule has 37 heavy (non-hydrogen) atoms. The number of likely N-dealkylation sites (tertiary alicyclic amines) is 2. The van der Waals surface area contributed by atoms with E-state index in [4.69, 9.17) is 11.6 Å². The largest absolute Gasteiger partial charge is 0.373 e. The summed E-state index contributed by atoms with van der Waals surface area (Å²) in [6.07, 6.45) is 3.09. The number of piperidine rings is 1. The number of hydrogen-bond donors (Lipinski definition) is 0. The molecule has 2 aliphatic rings. The Morgan fingerprint density at radius 1 is 1.22 bits per heavy atom. The Balaban J connectivity index is 1.34. The van der Waals surface area contributed by atoms with E-state index in [1.54, 1.807) is 4.90 Å². The minimum atomic E-state index is -0.858. The molecule has 13 heteroatoms. The van der Waals surface area contributed by atoms with Gasteiger partial charge in [0.2, 0.25) is 6.54 Å². The fraction of sp³-hybridized carbons (Fsp3) is 0.375. The molecule has 3 aromatic rings. The molecule has 10 nitrogen and oxygen atoms in total. The van der Waals surface area contributed by atoms with Crippen molar-refractivity contribution in [1.82, 2.24) is 19.6 Å². The Bertz CT molecular complexity index is 1310. The Hall–Kier alpha value is -3.64. The molecular weight excluding hydrogens is 508 g/mol. The molecule has 2 saturated heterocycles. The maximum atomic E-state index is 14.9. The molecule has 0 radical (unpaired) electrons. The van der Waals surface area contributed by atoms with Crippen LogP contribution in [0.1, 0.15) is 23.5 Å². The van der Waals surface area contributed by atoms with Gasteiger partial charge in [0, 0.05) is 55.1 Å². The number of amides is 1. The first kappa shape index (κ1) is 25.0. The standard InChI is InChI=1S/C24H24ClF2N7O3/c25-17-3-1-16(2-4-17)10-31-11-20(19-6-5-18(26)9-22(19)27)21-12-30(8-7-23(21)31)24(35)13-32-15-33(14-28-32)29-34(36)37/h1-6,9,14-15,20-21,23H,7-8,10-13H2/t20-,21-,23-/m1/s1. The summed E-state index contributed by atoms with van der Waals surface area (Å²) < 4.78 is 30.7. The Labute approximate surface area is 216 Å². The van der Waals surface area contributed by atoms with Gasteiger partial charge in [-0.05, 0) is 40.4 Å². The molecule has 2 aliphatic heterocycles. The number of halogens is 3. The average molecular weight is 532 g/mol. The fourth-order valence-electron chi connectivity index (χ4n) is 5.47. The number of carbonyl (C=O) groups excluding carboxylic acids is 1. The SMILES string of the molecule is O=C(Cn1c[n+]([N-][N+](=O)[O-])cn1)N1CC[C@@H]2[C@H](C1)[C@@H](c1ccc(F)cc1F)CN2Cc1ccc(Cl)cc1. The molecule has 3 atom stereocenters. The van der Waals surface area contributed by atoms with Gasteiger partial charge in [-0.2, -0.15) is 0 Å². The molecule has 0 aliphatic carbocycles. The lowest BCUT2D eigenvalue weighted by atomic mass is 9.81. The van der Waals surface area contributed by atoms with Gasteiger partial charge in [-0.25, -0.2) is 13.5 Å². The van der Waals surface area contributed by atoms with Crippen molar-refractivity contribution in [3.63, 3.8) is 0 Å². The molecule has 0 N–H and O–H groups in total. The number of aromatic nitrogens is 3. The minimum Gasteiger partial charge on any atom is -0.373 e. The van der Waals surface area contributed by atoms with Crippen LogP contribution in [0.4, 0.5) is 8.78 Å². The smallest absolute Gasteiger partial charge is 0.332 e. The molecule has 194 valence electrons. The van der Waals surface area contributed by atoms with Gasteiger partial charge in [-0.3, -0.25) is 15.2 Å². The lowest BCUT2D eigenvalue weighted by Crippen LogP contribution is -2.49. The van der Waals surface area contributed by atoms with E-state index in [9.17, 15) is 23.7 Å². The third-order valence-electron chi connectivity index (χ3n) is 7.09. The zero-order chi connectivity index (χ0) is 26.1. The van der Waals surface area contributed by atoms with Crippen molar-refractivity contribution in [2.24, 2.45) is 5.92 Å². The molecule has 0 spiro atoms. The zero-order valence-corrected chi connectivity index (χ0v) is 20.4. The Morgan fingerprint density at radius 3 is 2.73 bits per heavy atom. The first-order valence-electron chi connectivity index (χ1n) is 11.8. The predicted octanol–water partition coefficient (Wildman–Crippen LogP) is 2.95. The van der Waals surface area contributed by atoms with Gasteiger partial charge in [0.1, 0.15) is 16.7 Å². The molecule has 0 bridgehead atoms. The summed E-state index contributed by atoms with van der Waals surface area (Å²) >= 11 is 6.03. The molecule has 1 aromatic heterocycles. The Kier molecular flexibility index (Phi) is 7.02. The fourth-order valence-corrected chi connectivity index (χ4v) is 5.60. The van der Waals surface area contributed by atoms with Crippen molar-refractivity contribution in [2.45, 2.75) is 31.5 Å². The second-order valence-electron chi connectivity index (χ2n) is 9.34. The van der Waals surface area contributed by atoms with Gasteiger partial charge in [0.05, 0.1) is 0 Å². The summed E-state index contributed by atoms with van der Waals surface area (Å²) in [6.45, 7) is 2.03. The van der Waals surface area contributed by atoms with Gasteiger partial charge in [-0.15, -0.1) is 5.03 Å². The first-order chi connectivity index (χ1) is 17.8. The van der Waals surface area contributed by atoms with Crippen LogP contribution in [0.25, 0.3) is 5.53 Å². The summed E-state index contributed by atoms with van der Waals surface area (Å²) in [5, 5.41) is 14.3. The van der Waals surface area contributed by atoms with Crippen LogP contribution in [0, 0.1) is 27.7 Å². The maximum Gasteiger partial charge on any atom is 0.332 e. The summed E-state index contributed by atoms with van der Waals surface area (Å²) in [7, 11) is 0. The first-order valence-corrected chi connectivity index (χ1v) is 12.2. The number of carbonyl (C=O) groups is 1. The molecule has 5 rings (SSSR count). The molecule has 0 unspecified atom stereocenters. The predicted molar refractivity (Wildman–Crippen MR) is 128 cm³/mol. The van der Waals surface area contributed by atoms with Crippen LogP contribution < -0.4 is 4.68 Å². The van der Waals surface area contributed by atoms with Crippen molar-refractivity contribution in [2.75, 3.05) is 19.6 Å². The number of nitrogens with zero attached hydrogens (tertiary/aromatic N) is 7. The number of rotatable bonds is 7. The van der Waals surface area contributed by atoms with Gasteiger partial charge >= 0.3 is 6.33 Å². The quantitative estimate of drug-likeness (QED) is 0.265. The zero-order valence-electron chi connectivity index (χ0n) is 19.7. The van der Waals surface area contributed by atoms with E-state index in [0.717, 1.165) is 22.6 Å². The van der Waals surface area contributed by atoms with E-state index in [1.165, 1.54) is 23.1 Å². The van der Waals surface area contributed by atoms with Gasteiger partial charge in [0.15, 0.2) is 0 Å². The van der Waals surface area contributed by atoms with Crippen LogP contribution in [0.15, 0.2) is 55.1 Å². The molecule has 3 heterocycles. The third-order valence-corrected chi connectivity index (χ3v) is 7.35. The molecule has 0 saturated carbocycles. The van der Waals surface area contributed by atoms with Crippen molar-refractivity contribution in [3.05, 3.63) is 98.6 Å². The Morgan fingerprint density at radius 2 is 2.00 bits per heavy atom. The summed E-state index contributed by atoms with van der Waals surface area (Å²) in [5.74, 6) is -1.70. The van der Waals surface area contributed by atoms with Gasteiger partial charge in [0.25, 0.3) is 12.2 Å². The van der Waals surface area contributed by atoms with Crippen LogP contribution in [0.3, 0.4) is 0 Å². The maximum absolute atomic E-state index is 14.9. The van der Waals surface area contributed by atoms with Gasteiger partial charge in [-0.1, -0.05) is 29.8 Å². The number of benzene rings is 2. The van der Waals surface area contributed by atoms with Crippen LogP contribution in [-0.4, -0.2) is 56.2 Å². The van der Waals surface area contributed by atoms with Crippen molar-refractivity contribution >= 4 is 17.5 Å². The summed E-state index contributed by atoms with van der Waals surface area (Å²) in [4.78, 5) is 27.7. The third kappa shape index (κ3) is 5.54. The van der Waals surface area contributed by atoms with E-state index >= 15 is 0 Å². The van der Waals surface area contributed by atoms with Crippen LogP contribution in [0.5, 0.6) is 0 Å². The highest BCUT2D eigenvalue weighted by Gasteiger charge is 2.46. The average Bonchev–Trinajstić information content (AvgIpc) is 3.44. The lowest BCUT2D eigenvalue weighted by molar-refractivity contribution is -0.738. The topological polar surface area (TPSA) is 102 Å². The van der Waals surface area contributed by atoms with E-state index in [0.29, 0.717) is 43.2 Å². The van der Waals surface area contributed by atoms with E-state index < -0.39 is 16.7 Å². The number of hydrogen-bond acceptors (Lipinski definition) is 5. The number of fused-ring (bicyclic) bond motifs is 1. The van der Waals surface area contributed by atoms with Crippen LogP contribution in [-0.2, 0) is 17.9 Å². The van der Waals surface area contributed by atoms with E-state index in [-0.39, 0.29) is 30.3 Å². The molecule has 2 fully saturated rings. The molecule has 2 aromatic carbocycles. The van der Waals surface area contributed by atoms with Crippen molar-refractivity contribution in [1.29, 1.82) is 0 Å². The summed E-state index contributed by atoms with van der Waals surface area (Å²) in [6, 6.07) is 11.4. The highest BCUT2D eigenvalue weighted by atomic mass is 35.5. The van der Waals surface area contributed by atoms with Crippen LogP contribution in [0.2, 0.25) is 5.02 Å². The van der Waals surface area contributed by atoms with Crippen molar-refractivity contribution < 1.29 is 23.3 Å². The lowest BCUT2D eigenvalue weighted by Gasteiger charge is -2.39. The molecule has 1 amide bonds. The highest BCUT2D eigenvalue weighted by molar-refractivity contribution is 6.30. The normalized spacial score (nSPS) is 21.6. The second-order valence-corrected chi connectivity index (χ2v) is 9.78.